The first-order chi connectivity index (χ1) is 20.0. The zero-order valence-electron chi connectivity index (χ0n) is 24.9. The van der Waals surface area contributed by atoms with Crippen LogP contribution in [0.3, 0.4) is 0 Å². The van der Waals surface area contributed by atoms with Gasteiger partial charge >= 0.3 is 0 Å². The molecule has 0 saturated heterocycles. The summed E-state index contributed by atoms with van der Waals surface area (Å²) in [5.74, 6) is -0.419. The van der Waals surface area contributed by atoms with Crippen LogP contribution in [0, 0.1) is 13.8 Å². The van der Waals surface area contributed by atoms with Gasteiger partial charge in [0.1, 0.15) is 18.3 Å². The smallest absolute Gasteiger partial charge is 0.264 e. The van der Waals surface area contributed by atoms with E-state index < -0.39 is 28.5 Å². The van der Waals surface area contributed by atoms with E-state index >= 15 is 0 Å². The van der Waals surface area contributed by atoms with Crippen molar-refractivity contribution >= 4 is 39.1 Å². The van der Waals surface area contributed by atoms with Gasteiger partial charge in [-0.1, -0.05) is 79.4 Å². The van der Waals surface area contributed by atoms with Gasteiger partial charge in [-0.15, -0.1) is 0 Å². The van der Waals surface area contributed by atoms with Crippen molar-refractivity contribution in [2.24, 2.45) is 0 Å². The Kier molecular flexibility index (Phi) is 11.8. The summed E-state index contributed by atoms with van der Waals surface area (Å²) in [5, 5.41) is 3.13. The Morgan fingerprint density at radius 3 is 2.12 bits per heavy atom. The third-order valence-corrected chi connectivity index (χ3v) is 9.08. The maximum atomic E-state index is 14.2. The number of carbonyl (C=O) groups excluding carboxylic acids is 2. The van der Waals surface area contributed by atoms with Crippen molar-refractivity contribution in [1.82, 2.24) is 10.2 Å². The quantitative estimate of drug-likeness (QED) is 0.229. The van der Waals surface area contributed by atoms with Gasteiger partial charge in [-0.05, 0) is 62.6 Å². The van der Waals surface area contributed by atoms with Crippen LogP contribution in [-0.2, 0) is 26.2 Å². The highest BCUT2D eigenvalue weighted by Gasteiger charge is 2.34. The van der Waals surface area contributed by atoms with Crippen molar-refractivity contribution in [1.29, 1.82) is 0 Å². The number of ether oxygens (including phenoxy) is 1. The molecule has 0 aromatic heterocycles. The van der Waals surface area contributed by atoms with Gasteiger partial charge in [0, 0.05) is 13.1 Å². The molecule has 0 bridgehead atoms. The minimum atomic E-state index is -4.20. The molecule has 1 atom stereocenters. The second-order valence-corrected chi connectivity index (χ2v) is 12.5. The molecule has 3 aromatic rings. The Balaban J connectivity index is 2.06. The molecular weight excluding hydrogens is 574 g/mol. The minimum Gasteiger partial charge on any atom is -0.495 e. The van der Waals surface area contributed by atoms with Crippen LogP contribution in [0.1, 0.15) is 49.8 Å². The first-order valence-corrected chi connectivity index (χ1v) is 15.9. The van der Waals surface area contributed by atoms with Gasteiger partial charge in [-0.25, -0.2) is 8.42 Å². The molecule has 0 saturated carbocycles. The van der Waals surface area contributed by atoms with E-state index in [1.165, 1.54) is 30.2 Å². The van der Waals surface area contributed by atoms with Crippen LogP contribution < -0.4 is 14.4 Å². The molecule has 0 spiro atoms. The molecule has 0 fully saturated rings. The van der Waals surface area contributed by atoms with Crippen molar-refractivity contribution in [3.8, 4) is 5.75 Å². The minimum absolute atomic E-state index is 0.0299. The zero-order chi connectivity index (χ0) is 30.9. The molecule has 2 amide bonds. The Hall–Kier alpha value is -3.56. The van der Waals surface area contributed by atoms with Crippen LogP contribution in [0.5, 0.6) is 5.75 Å². The van der Waals surface area contributed by atoms with Crippen LogP contribution in [0.4, 0.5) is 5.69 Å². The van der Waals surface area contributed by atoms with Crippen LogP contribution in [0.25, 0.3) is 0 Å². The number of benzene rings is 3. The molecular formula is C32H40ClN3O5S. The molecule has 0 aliphatic rings. The normalized spacial score (nSPS) is 12.0. The number of rotatable bonds is 14. The van der Waals surface area contributed by atoms with E-state index in [9.17, 15) is 18.0 Å². The number of carbonyl (C=O) groups is 2. The number of sulfonamides is 1. The number of aryl methyl sites for hydroxylation is 2. The van der Waals surface area contributed by atoms with Gasteiger partial charge in [0.25, 0.3) is 10.0 Å². The summed E-state index contributed by atoms with van der Waals surface area (Å²) in [5.41, 5.74) is 2.99. The summed E-state index contributed by atoms with van der Waals surface area (Å²) in [6.45, 7) is 7.80. The number of hydrogen-bond acceptors (Lipinski definition) is 5. The highest BCUT2D eigenvalue weighted by atomic mass is 35.5. The third-order valence-electron chi connectivity index (χ3n) is 7.00. The average Bonchev–Trinajstić information content (AvgIpc) is 2.97. The van der Waals surface area contributed by atoms with Crippen LogP contribution >= 0.6 is 11.6 Å². The molecule has 42 heavy (non-hydrogen) atoms. The van der Waals surface area contributed by atoms with Gasteiger partial charge in [0.2, 0.25) is 11.8 Å². The maximum Gasteiger partial charge on any atom is 0.264 e. The van der Waals surface area contributed by atoms with Crippen molar-refractivity contribution in [3.63, 3.8) is 0 Å². The maximum absolute atomic E-state index is 14.2. The number of hydrogen-bond donors (Lipinski definition) is 1. The number of nitrogens with one attached hydrogen (secondary N) is 1. The predicted molar refractivity (Wildman–Crippen MR) is 167 cm³/mol. The molecule has 3 rings (SSSR count). The SMILES string of the molecule is CCCCNC(=O)[C@@H](CC)N(Cc1ccc(C)cc1)C(=O)CN(c1ccc(OC)c(Cl)c1)S(=O)(=O)c1ccc(C)cc1. The Morgan fingerprint density at radius 2 is 1.57 bits per heavy atom. The summed E-state index contributed by atoms with van der Waals surface area (Å²) in [4.78, 5) is 28.9. The number of amides is 2. The summed E-state index contributed by atoms with van der Waals surface area (Å²) in [6.07, 6.45) is 2.09. The summed E-state index contributed by atoms with van der Waals surface area (Å²) < 4.78 is 34.3. The lowest BCUT2D eigenvalue weighted by atomic mass is 10.1. The highest BCUT2D eigenvalue weighted by molar-refractivity contribution is 7.92. The van der Waals surface area contributed by atoms with Crippen molar-refractivity contribution in [3.05, 3.63) is 88.4 Å². The fraction of sp³-hybridized carbons (Fsp3) is 0.375. The summed E-state index contributed by atoms with van der Waals surface area (Å²) in [7, 11) is -2.74. The first-order valence-electron chi connectivity index (χ1n) is 14.1. The van der Waals surface area contributed by atoms with Crippen LogP contribution in [0.2, 0.25) is 5.02 Å². The van der Waals surface area contributed by atoms with Gasteiger partial charge in [0.15, 0.2) is 0 Å². The molecule has 0 aliphatic carbocycles. The zero-order valence-corrected chi connectivity index (χ0v) is 26.5. The topological polar surface area (TPSA) is 96.0 Å². The standard InChI is InChI=1S/C32H40ClN3O5S/c1-6-8-19-34-32(38)29(7-2)35(21-25-13-9-23(3)10-14-25)31(37)22-36(26-15-18-30(41-5)28(33)20-26)42(39,40)27-16-11-24(4)12-17-27/h9-18,20,29H,6-8,19,21-22H2,1-5H3,(H,34,38)/t29-/m1/s1. The van der Waals surface area contributed by atoms with Gasteiger partial charge in [-0.3, -0.25) is 13.9 Å². The number of unbranched alkanes of at least 4 members (excludes halogenated alkanes) is 1. The Bertz CT molecular complexity index is 1460. The lowest BCUT2D eigenvalue weighted by Crippen LogP contribution is -2.52. The van der Waals surface area contributed by atoms with E-state index in [0.29, 0.717) is 18.7 Å². The molecule has 3 aromatic carbocycles. The Morgan fingerprint density at radius 1 is 0.952 bits per heavy atom. The van der Waals surface area contributed by atoms with E-state index in [4.69, 9.17) is 16.3 Å². The van der Waals surface area contributed by atoms with Gasteiger partial charge in [0.05, 0.1) is 22.7 Å². The number of anilines is 1. The molecule has 10 heteroatoms. The number of methoxy groups -OCH3 is 1. The fourth-order valence-electron chi connectivity index (χ4n) is 4.49. The van der Waals surface area contributed by atoms with Crippen molar-refractivity contribution < 1.29 is 22.7 Å². The van der Waals surface area contributed by atoms with E-state index in [2.05, 4.69) is 5.32 Å². The second kappa shape index (κ2) is 15.1. The molecule has 0 aliphatic heterocycles. The highest BCUT2D eigenvalue weighted by Crippen LogP contribution is 2.32. The molecule has 0 heterocycles. The second-order valence-electron chi connectivity index (χ2n) is 10.2. The van der Waals surface area contributed by atoms with Crippen LogP contribution in [0.15, 0.2) is 71.6 Å². The molecule has 1 N–H and O–H groups in total. The number of halogens is 1. The third kappa shape index (κ3) is 8.26. The Labute approximate surface area is 254 Å². The van der Waals surface area contributed by atoms with Crippen molar-refractivity contribution in [2.75, 3.05) is 24.5 Å². The summed E-state index contributed by atoms with van der Waals surface area (Å²) in [6, 6.07) is 17.9. The molecule has 226 valence electrons. The monoisotopic (exact) mass is 613 g/mol. The fourth-order valence-corrected chi connectivity index (χ4v) is 6.15. The molecule has 0 radical (unpaired) electrons. The van der Waals surface area contributed by atoms with E-state index in [0.717, 1.165) is 33.8 Å². The van der Waals surface area contributed by atoms with Crippen molar-refractivity contribution in [2.45, 2.75) is 64.4 Å². The van der Waals surface area contributed by atoms with E-state index in [1.54, 1.807) is 24.3 Å². The average molecular weight is 614 g/mol. The molecule has 8 nitrogen and oxygen atoms in total. The summed E-state index contributed by atoms with van der Waals surface area (Å²) >= 11 is 6.39. The van der Waals surface area contributed by atoms with E-state index in [-0.39, 0.29) is 28.1 Å². The lowest BCUT2D eigenvalue weighted by molar-refractivity contribution is -0.140. The largest absolute Gasteiger partial charge is 0.495 e. The predicted octanol–water partition coefficient (Wildman–Crippen LogP) is 5.88. The number of nitrogens with zero attached hydrogens (tertiary/aromatic N) is 2. The van der Waals surface area contributed by atoms with E-state index in [1.807, 2.05) is 52.0 Å². The molecule has 0 unspecified atom stereocenters. The first kappa shape index (κ1) is 32.9. The van der Waals surface area contributed by atoms with Gasteiger partial charge in [-0.2, -0.15) is 0 Å². The lowest BCUT2D eigenvalue weighted by Gasteiger charge is -2.33. The van der Waals surface area contributed by atoms with Gasteiger partial charge < -0.3 is 15.0 Å². The van der Waals surface area contributed by atoms with Crippen LogP contribution in [-0.4, -0.2) is 51.4 Å².